The first-order chi connectivity index (χ1) is 6.96. The molecule has 0 fully saturated rings. The molecule has 1 unspecified atom stereocenters. The molecule has 0 aromatic rings. The second-order valence-electron chi connectivity index (χ2n) is 3.11. The molecule has 15 heavy (non-hydrogen) atoms. The molecule has 0 radical (unpaired) electrons. The van der Waals surface area contributed by atoms with Crippen molar-refractivity contribution in [2.24, 2.45) is 10.5 Å². The minimum absolute atomic E-state index is 0.0921. The predicted molar refractivity (Wildman–Crippen MR) is 51.2 cm³/mol. The van der Waals surface area contributed by atoms with Crippen LogP contribution in [0.15, 0.2) is 5.11 Å². The molecule has 0 aromatic carbocycles. The van der Waals surface area contributed by atoms with Crippen molar-refractivity contribution in [2.45, 2.75) is 32.7 Å². The van der Waals surface area contributed by atoms with E-state index < -0.39 is 23.4 Å². The zero-order valence-electron chi connectivity index (χ0n) is 8.54. The van der Waals surface area contributed by atoms with E-state index in [1.807, 2.05) is 0 Å². The van der Waals surface area contributed by atoms with E-state index >= 15 is 0 Å². The van der Waals surface area contributed by atoms with Gasteiger partial charge in [0, 0.05) is 4.91 Å². The molecule has 0 heterocycles. The lowest BCUT2D eigenvalue weighted by Crippen LogP contribution is -2.44. The standard InChI is InChI=1S/C8H13N3O4/c1-3-8(4-2,7(14)15)5(6(12)13)10-11-9/h5H,3-4H2,1-2H3,(H,12,13)(H,14,15). The van der Waals surface area contributed by atoms with Crippen LogP contribution in [0.2, 0.25) is 0 Å². The first-order valence-electron chi connectivity index (χ1n) is 4.46. The van der Waals surface area contributed by atoms with Crippen LogP contribution in [0, 0.1) is 5.41 Å². The van der Waals surface area contributed by atoms with Gasteiger partial charge in [-0.25, -0.2) is 0 Å². The highest BCUT2D eigenvalue weighted by Gasteiger charge is 2.46. The summed E-state index contributed by atoms with van der Waals surface area (Å²) in [7, 11) is 0. The molecular weight excluding hydrogens is 202 g/mol. The van der Waals surface area contributed by atoms with E-state index in [0.717, 1.165) is 0 Å². The summed E-state index contributed by atoms with van der Waals surface area (Å²) >= 11 is 0. The van der Waals surface area contributed by atoms with Gasteiger partial charge >= 0.3 is 11.9 Å². The van der Waals surface area contributed by atoms with Crippen molar-refractivity contribution in [2.75, 3.05) is 0 Å². The number of carboxylic acids is 2. The quantitative estimate of drug-likeness (QED) is 0.397. The second-order valence-corrected chi connectivity index (χ2v) is 3.11. The average molecular weight is 215 g/mol. The van der Waals surface area contributed by atoms with Crippen LogP contribution in [0.3, 0.4) is 0 Å². The molecule has 84 valence electrons. The lowest BCUT2D eigenvalue weighted by Gasteiger charge is -2.29. The van der Waals surface area contributed by atoms with Crippen LogP contribution >= 0.6 is 0 Å². The van der Waals surface area contributed by atoms with Gasteiger partial charge in [-0.3, -0.25) is 9.59 Å². The van der Waals surface area contributed by atoms with Gasteiger partial charge in [-0.15, -0.1) is 0 Å². The maximum Gasteiger partial charge on any atom is 0.313 e. The summed E-state index contributed by atoms with van der Waals surface area (Å²) in [6.07, 6.45) is 0.184. The molecule has 0 aliphatic rings. The maximum absolute atomic E-state index is 11.1. The van der Waals surface area contributed by atoms with Crippen molar-refractivity contribution >= 4 is 11.9 Å². The molecule has 0 aliphatic heterocycles. The van der Waals surface area contributed by atoms with Crippen molar-refractivity contribution in [3.8, 4) is 0 Å². The second kappa shape index (κ2) is 5.21. The molecular formula is C8H13N3O4. The number of nitrogens with zero attached hydrogens (tertiary/aromatic N) is 3. The van der Waals surface area contributed by atoms with Gasteiger partial charge in [-0.1, -0.05) is 19.0 Å². The summed E-state index contributed by atoms with van der Waals surface area (Å²) in [4.78, 5) is 24.3. The molecule has 7 heteroatoms. The molecule has 0 saturated carbocycles. The van der Waals surface area contributed by atoms with Gasteiger partial charge in [-0.05, 0) is 18.4 Å². The van der Waals surface area contributed by atoms with E-state index in [4.69, 9.17) is 15.7 Å². The Morgan fingerprint density at radius 1 is 1.40 bits per heavy atom. The van der Waals surface area contributed by atoms with Gasteiger partial charge in [0.05, 0.1) is 5.41 Å². The highest BCUT2D eigenvalue weighted by Crippen LogP contribution is 2.33. The van der Waals surface area contributed by atoms with E-state index in [0.29, 0.717) is 0 Å². The lowest BCUT2D eigenvalue weighted by atomic mass is 9.76. The van der Waals surface area contributed by atoms with Crippen molar-refractivity contribution < 1.29 is 19.8 Å². The molecule has 2 N–H and O–H groups in total. The fraction of sp³-hybridized carbons (Fsp3) is 0.750. The first-order valence-corrected chi connectivity index (χ1v) is 4.46. The van der Waals surface area contributed by atoms with Crippen LogP contribution in [0.1, 0.15) is 26.7 Å². The van der Waals surface area contributed by atoms with Crippen LogP contribution in [-0.2, 0) is 9.59 Å². The third-order valence-corrected chi connectivity index (χ3v) is 2.61. The fourth-order valence-electron chi connectivity index (χ4n) is 1.50. The van der Waals surface area contributed by atoms with E-state index in [9.17, 15) is 9.59 Å². The zero-order valence-corrected chi connectivity index (χ0v) is 8.54. The van der Waals surface area contributed by atoms with Gasteiger partial charge in [-0.2, -0.15) is 0 Å². The Kier molecular flexibility index (Phi) is 4.60. The molecule has 7 nitrogen and oxygen atoms in total. The van der Waals surface area contributed by atoms with Crippen molar-refractivity contribution in [3.63, 3.8) is 0 Å². The Hall–Kier alpha value is -1.75. The van der Waals surface area contributed by atoms with Crippen LogP contribution in [-0.4, -0.2) is 28.2 Å². The minimum atomic E-state index is -1.57. The number of rotatable bonds is 6. The largest absolute Gasteiger partial charge is 0.481 e. The molecule has 0 spiro atoms. The predicted octanol–water partition coefficient (Wildman–Crippen LogP) is 1.64. The zero-order chi connectivity index (χ0) is 12.1. The SMILES string of the molecule is CCC(CC)(C(=O)O)C(N=[N+]=[N-])C(=O)O. The van der Waals surface area contributed by atoms with E-state index in [-0.39, 0.29) is 12.8 Å². The average Bonchev–Trinajstić information content (AvgIpc) is 2.18. The van der Waals surface area contributed by atoms with Gasteiger partial charge < -0.3 is 10.2 Å². The number of carbonyl (C=O) groups is 2. The molecule has 1 atom stereocenters. The molecule has 0 saturated heterocycles. The normalized spacial score (nSPS) is 12.7. The van der Waals surface area contributed by atoms with Crippen molar-refractivity contribution in [3.05, 3.63) is 10.4 Å². The summed E-state index contributed by atoms with van der Waals surface area (Å²) in [5.41, 5.74) is 6.69. The smallest absolute Gasteiger partial charge is 0.313 e. The molecule has 0 rings (SSSR count). The highest BCUT2D eigenvalue weighted by atomic mass is 16.4. The maximum atomic E-state index is 11.1. The van der Waals surface area contributed by atoms with Crippen LogP contribution in [0.5, 0.6) is 0 Å². The number of azide groups is 1. The summed E-state index contributed by atoms with van der Waals surface area (Å²) in [6.45, 7) is 3.11. The van der Waals surface area contributed by atoms with Gasteiger partial charge in [0.15, 0.2) is 6.04 Å². The van der Waals surface area contributed by atoms with Gasteiger partial charge in [0.25, 0.3) is 0 Å². The minimum Gasteiger partial charge on any atom is -0.481 e. The number of aliphatic carboxylic acids is 2. The van der Waals surface area contributed by atoms with E-state index in [2.05, 4.69) is 10.0 Å². The third kappa shape index (κ3) is 2.38. The topological polar surface area (TPSA) is 123 Å². The Bertz CT molecular complexity index is 303. The Balaban J connectivity index is 5.44. The first kappa shape index (κ1) is 13.2. The highest BCUT2D eigenvalue weighted by molar-refractivity contribution is 5.86. The van der Waals surface area contributed by atoms with Gasteiger partial charge in [0.2, 0.25) is 0 Å². The Morgan fingerprint density at radius 2 is 1.87 bits per heavy atom. The number of hydrogen-bond acceptors (Lipinski definition) is 3. The molecule has 0 aliphatic carbocycles. The van der Waals surface area contributed by atoms with Crippen molar-refractivity contribution in [1.29, 1.82) is 0 Å². The summed E-state index contributed by atoms with van der Waals surface area (Å²) in [5, 5.41) is 20.9. The summed E-state index contributed by atoms with van der Waals surface area (Å²) in [6, 6.07) is -1.57. The lowest BCUT2D eigenvalue weighted by molar-refractivity contribution is -0.158. The number of hydrogen-bond donors (Lipinski definition) is 2. The van der Waals surface area contributed by atoms with Crippen LogP contribution in [0.25, 0.3) is 10.4 Å². The summed E-state index contributed by atoms with van der Waals surface area (Å²) in [5.74, 6) is -2.67. The molecule has 0 amide bonds. The third-order valence-electron chi connectivity index (χ3n) is 2.61. The Labute approximate surface area is 86.3 Å². The molecule has 0 bridgehead atoms. The molecule has 0 aromatic heterocycles. The fourth-order valence-corrected chi connectivity index (χ4v) is 1.50. The number of carboxylic acid groups (broad SMARTS) is 2. The van der Waals surface area contributed by atoms with Gasteiger partial charge in [0.1, 0.15) is 0 Å². The van der Waals surface area contributed by atoms with Crippen LogP contribution in [0.4, 0.5) is 0 Å². The summed E-state index contributed by atoms with van der Waals surface area (Å²) < 4.78 is 0. The Morgan fingerprint density at radius 3 is 2.07 bits per heavy atom. The van der Waals surface area contributed by atoms with Crippen LogP contribution < -0.4 is 0 Å². The monoisotopic (exact) mass is 215 g/mol. The van der Waals surface area contributed by atoms with E-state index in [1.54, 1.807) is 13.8 Å². The van der Waals surface area contributed by atoms with E-state index in [1.165, 1.54) is 0 Å². The van der Waals surface area contributed by atoms with Crippen molar-refractivity contribution in [1.82, 2.24) is 0 Å².